The summed E-state index contributed by atoms with van der Waals surface area (Å²) in [5.74, 6) is -0.428. The van der Waals surface area contributed by atoms with Gasteiger partial charge in [0.1, 0.15) is 36.2 Å². The van der Waals surface area contributed by atoms with Crippen molar-refractivity contribution in [1.82, 2.24) is 40.1 Å². The Kier molecular flexibility index (Phi) is 13.4. The molecule has 9 fully saturated rings. The third-order valence-electron chi connectivity index (χ3n) is 18.6. The van der Waals surface area contributed by atoms with Crippen molar-refractivity contribution in [3.05, 3.63) is 59.4 Å². The number of oxazole rings is 1. The fraction of sp³-hybridized carbons (Fsp3) is 0.672. The monoisotopic (exact) mass is 1040 g/mol. The Morgan fingerprint density at radius 2 is 1.76 bits per heavy atom. The highest BCUT2D eigenvalue weighted by atomic mass is 16.5. The first-order chi connectivity index (χ1) is 36.8. The number of aromatic nitrogens is 3. The minimum absolute atomic E-state index is 0.000234. The van der Waals surface area contributed by atoms with Crippen LogP contribution in [-0.4, -0.2) is 163 Å². The second-order valence-electron chi connectivity index (χ2n) is 24.8. The topological polar surface area (TPSA) is 184 Å². The highest BCUT2D eigenvalue weighted by Gasteiger charge is 2.57. The predicted molar refractivity (Wildman–Crippen MR) is 280 cm³/mol. The third kappa shape index (κ3) is 9.39. The predicted octanol–water partition coefficient (Wildman–Crippen LogP) is 6.12. The van der Waals surface area contributed by atoms with Gasteiger partial charge in [-0.3, -0.25) is 29.3 Å². The third-order valence-corrected chi connectivity index (χ3v) is 18.6. The lowest BCUT2D eigenvalue weighted by molar-refractivity contribution is -0.206. The molecule has 2 aliphatic carbocycles. The van der Waals surface area contributed by atoms with Gasteiger partial charge in [0, 0.05) is 97.0 Å². The van der Waals surface area contributed by atoms with Crippen molar-refractivity contribution in [2.45, 2.75) is 146 Å². The quantitative estimate of drug-likeness (QED) is 0.155. The van der Waals surface area contributed by atoms with Crippen LogP contribution in [0.3, 0.4) is 0 Å². The zero-order valence-corrected chi connectivity index (χ0v) is 44.9. The number of rotatable bonds is 12. The number of piperidine rings is 1. The summed E-state index contributed by atoms with van der Waals surface area (Å²) in [6.45, 7) is 16.2. The number of nitrogens with one attached hydrogen (secondary N) is 2. The van der Waals surface area contributed by atoms with E-state index in [2.05, 4.69) is 76.3 Å². The molecule has 0 radical (unpaired) electrons. The van der Waals surface area contributed by atoms with E-state index in [4.69, 9.17) is 42.8 Å². The van der Waals surface area contributed by atoms with E-state index in [-0.39, 0.29) is 53.9 Å². The summed E-state index contributed by atoms with van der Waals surface area (Å²) in [6, 6.07) is 6.83. The van der Waals surface area contributed by atoms with Gasteiger partial charge in [0.2, 0.25) is 11.8 Å². The van der Waals surface area contributed by atoms with Crippen LogP contribution in [0.5, 0.6) is 0 Å². The highest BCUT2D eigenvalue weighted by Crippen LogP contribution is 2.47. The highest BCUT2D eigenvalue weighted by molar-refractivity contribution is 5.95. The molecule has 1 spiro atoms. The van der Waals surface area contributed by atoms with Crippen LogP contribution in [0.1, 0.15) is 120 Å². The molecule has 7 saturated heterocycles. The van der Waals surface area contributed by atoms with E-state index in [9.17, 15) is 9.59 Å². The summed E-state index contributed by atoms with van der Waals surface area (Å²) >= 11 is 0. The standard InChI is InChI=1S/C58H76N8O10/c1-33-26-74-52(33)53(67)61-49-51(64-28-58(29-64)31-72-32-58)54-60-45(27-75-54)36-6-9-46-42(22-36)44(24-57(3,4)30-76-56(69)48-37-20-40(21-37)66(62-48)55(49)68)50(65(46)16-19-73-41-12-17-71-18-13-41)43-23-38(25-59-47(43)34(2)70-5)35-10-14-63(15-11-35)39-7-8-39/h6,9,22-23,25,27,33-35,37,39-41,48-49,51-52,62H,7-8,10-21,24,26,28-32H2,1-5H3,(H,61,67)/t33-,34-,37?,40?,48-,49-,51-,52+/m0/s1. The van der Waals surface area contributed by atoms with Gasteiger partial charge in [0.25, 0.3) is 5.91 Å². The second kappa shape index (κ2) is 20.1. The van der Waals surface area contributed by atoms with E-state index in [1.54, 1.807) is 18.4 Å². The summed E-state index contributed by atoms with van der Waals surface area (Å²) in [7, 11) is 1.75. The summed E-state index contributed by atoms with van der Waals surface area (Å²) in [5.41, 5.74) is 10.5. The number of amides is 2. The largest absolute Gasteiger partial charge is 0.464 e. The van der Waals surface area contributed by atoms with Crippen molar-refractivity contribution < 1.29 is 47.2 Å². The summed E-state index contributed by atoms with van der Waals surface area (Å²) < 4.78 is 45.4. The summed E-state index contributed by atoms with van der Waals surface area (Å²) in [5, 5.41) is 5.78. The lowest BCUT2D eigenvalue weighted by atomic mass is 9.72. The van der Waals surface area contributed by atoms with Crippen molar-refractivity contribution in [2.24, 2.45) is 22.7 Å². The Balaban J connectivity index is 0.956. The molecule has 18 nitrogen and oxygen atoms in total. The number of carbonyl (C=O) groups excluding carboxylic acids is 3. The zero-order valence-electron chi connectivity index (χ0n) is 44.9. The van der Waals surface area contributed by atoms with Crippen molar-refractivity contribution in [1.29, 1.82) is 0 Å². The number of benzene rings is 1. The Morgan fingerprint density at radius 1 is 0.974 bits per heavy atom. The van der Waals surface area contributed by atoms with Crippen molar-refractivity contribution in [3.63, 3.8) is 0 Å². The number of hydrazine groups is 1. The Bertz CT molecular complexity index is 2830. The van der Waals surface area contributed by atoms with Gasteiger partial charge in [0.05, 0.1) is 56.6 Å². The molecule has 3 aromatic heterocycles. The van der Waals surface area contributed by atoms with Crippen LogP contribution in [0, 0.1) is 22.7 Å². The minimum atomic E-state index is -1.12. The Hall–Kier alpha value is -4.79. The normalized spacial score (nSPS) is 30.4. The number of carbonyl (C=O) groups is 3. The Morgan fingerprint density at radius 3 is 2.46 bits per heavy atom. The molecule has 2 saturated carbocycles. The van der Waals surface area contributed by atoms with Gasteiger partial charge in [-0.1, -0.05) is 26.8 Å². The molecule has 76 heavy (non-hydrogen) atoms. The van der Waals surface area contributed by atoms with E-state index in [1.165, 1.54) is 18.4 Å². The molecule has 10 aliphatic rings. The molecular weight excluding hydrogens is 969 g/mol. The SMILES string of the molecule is CO[C@@H](C)c1ncc(C2CCN(C3CC3)CC2)cc1-c1c2c3cc(ccc3n1CCOC1CCOCC1)-c1coc(n1)[C@@H](N1CC3(COC3)C1)[C@H](NC(=O)[C@@H]1OC[C@@H]1C)C(=O)N1N[C@H](C(=O)OCC(C)(C)C2)C2CC1C2. The minimum Gasteiger partial charge on any atom is -0.464 e. The van der Waals surface area contributed by atoms with Crippen LogP contribution >= 0.6 is 0 Å². The number of hydrogen-bond donors (Lipinski definition) is 2. The molecule has 1 aromatic carbocycles. The van der Waals surface area contributed by atoms with E-state index in [0.717, 1.165) is 83.8 Å². The van der Waals surface area contributed by atoms with Gasteiger partial charge in [-0.25, -0.2) is 10.4 Å². The molecule has 408 valence electrons. The maximum absolute atomic E-state index is 15.4. The van der Waals surface area contributed by atoms with E-state index in [1.807, 2.05) is 6.92 Å². The first-order valence-corrected chi connectivity index (χ1v) is 28.4. The molecule has 6 atom stereocenters. The molecule has 11 heterocycles. The fourth-order valence-corrected chi connectivity index (χ4v) is 13.7. The molecule has 18 heteroatoms. The van der Waals surface area contributed by atoms with Crippen molar-refractivity contribution >= 4 is 28.7 Å². The maximum atomic E-state index is 15.4. The lowest BCUT2D eigenvalue weighted by Gasteiger charge is -2.58. The van der Waals surface area contributed by atoms with E-state index in [0.29, 0.717) is 96.0 Å². The van der Waals surface area contributed by atoms with Gasteiger partial charge in [-0.2, -0.15) is 0 Å². The lowest BCUT2D eigenvalue weighted by Crippen LogP contribution is -2.74. The van der Waals surface area contributed by atoms with Crippen molar-refractivity contribution in [3.8, 4) is 22.5 Å². The van der Waals surface area contributed by atoms with Crippen LogP contribution < -0.4 is 10.7 Å². The van der Waals surface area contributed by atoms with Gasteiger partial charge >= 0.3 is 5.97 Å². The van der Waals surface area contributed by atoms with Gasteiger partial charge in [0.15, 0.2) is 0 Å². The van der Waals surface area contributed by atoms with E-state index < -0.39 is 35.6 Å². The molecule has 2 N–H and O–H groups in total. The summed E-state index contributed by atoms with van der Waals surface area (Å²) in [4.78, 5) is 59.5. The molecule has 0 unspecified atom stereocenters. The number of pyridine rings is 1. The summed E-state index contributed by atoms with van der Waals surface area (Å²) in [6.07, 6.45) is 11.2. The number of ether oxygens (including phenoxy) is 6. The smallest absolute Gasteiger partial charge is 0.325 e. The molecule has 2 amide bonds. The fourth-order valence-electron chi connectivity index (χ4n) is 13.7. The van der Waals surface area contributed by atoms with Crippen LogP contribution in [0.15, 0.2) is 41.1 Å². The molecule has 4 aromatic rings. The van der Waals surface area contributed by atoms with Crippen LogP contribution in [0.25, 0.3) is 33.4 Å². The van der Waals surface area contributed by atoms with Crippen LogP contribution in [0.4, 0.5) is 0 Å². The molecule has 8 bridgehead atoms. The zero-order chi connectivity index (χ0) is 52.0. The van der Waals surface area contributed by atoms with Gasteiger partial charge < -0.3 is 47.6 Å². The van der Waals surface area contributed by atoms with E-state index >= 15 is 4.79 Å². The molecule has 8 aliphatic heterocycles. The second-order valence-corrected chi connectivity index (χ2v) is 24.8. The number of hydrogen-bond acceptors (Lipinski definition) is 15. The first-order valence-electron chi connectivity index (χ1n) is 28.4. The maximum Gasteiger partial charge on any atom is 0.325 e. The van der Waals surface area contributed by atoms with Gasteiger partial charge in [-0.15, -0.1) is 0 Å². The van der Waals surface area contributed by atoms with Crippen LogP contribution in [-0.2, 0) is 55.8 Å². The number of cyclic esters (lactones) is 1. The average molecular weight is 1050 g/mol. The number of likely N-dealkylation sites (tertiary alicyclic amines) is 2. The number of nitrogens with zero attached hydrogens (tertiary/aromatic N) is 6. The van der Waals surface area contributed by atoms with Crippen LogP contribution in [0.2, 0.25) is 0 Å². The van der Waals surface area contributed by atoms with Gasteiger partial charge in [-0.05, 0) is 119 Å². The number of methoxy groups -OCH3 is 1. The Labute approximate surface area is 445 Å². The first kappa shape index (κ1) is 50.7. The number of esters is 1. The van der Waals surface area contributed by atoms with Crippen molar-refractivity contribution in [2.75, 3.05) is 79.5 Å². The molecular formula is C58H76N8O10. The molecule has 14 rings (SSSR count). The number of fused-ring (bicyclic) bond motifs is 4. The average Bonchev–Trinajstić information content (AvgIpc) is 4.09.